The maximum absolute atomic E-state index is 9.81. The van der Waals surface area contributed by atoms with Crippen molar-refractivity contribution >= 4 is 10.8 Å². The third kappa shape index (κ3) is 2.63. The van der Waals surface area contributed by atoms with Crippen molar-refractivity contribution in [3.63, 3.8) is 0 Å². The fourth-order valence-electron chi connectivity index (χ4n) is 1.98. The quantitative estimate of drug-likeness (QED) is 0.824. The largest absolute Gasteiger partial charge is 0.490 e. The molecule has 3 nitrogen and oxygen atoms in total. The molecule has 3 heteroatoms. The van der Waals surface area contributed by atoms with Crippen molar-refractivity contribution in [3.8, 4) is 5.75 Å². The molecule has 96 valence electrons. The molecular weight excluding hydrogens is 228 g/mol. The Labute approximate surface area is 107 Å². The maximum Gasteiger partial charge on any atom is 0.133 e. The summed E-state index contributed by atoms with van der Waals surface area (Å²) >= 11 is 0. The molecular formula is C15H18O3. The fourth-order valence-corrected chi connectivity index (χ4v) is 1.98. The second-order valence-electron chi connectivity index (χ2n) is 4.22. The lowest BCUT2D eigenvalue weighted by Crippen LogP contribution is -2.07. The molecule has 0 amide bonds. The van der Waals surface area contributed by atoms with Gasteiger partial charge in [-0.1, -0.05) is 36.4 Å². The van der Waals surface area contributed by atoms with E-state index >= 15 is 0 Å². The number of hydrogen-bond acceptors (Lipinski definition) is 3. The molecule has 2 aromatic carbocycles. The molecule has 1 unspecified atom stereocenters. The standard InChI is InChI=1S/C15H18O3/c1-11(16)13-8-7-12-5-3-4-6-14(12)15(13)18-10-9-17-2/h3-8,11,16H,9-10H2,1-2H3. The van der Waals surface area contributed by atoms with Crippen LogP contribution in [-0.2, 0) is 4.74 Å². The Kier molecular flexibility index (Phi) is 4.18. The molecule has 0 fully saturated rings. The fraction of sp³-hybridized carbons (Fsp3) is 0.333. The van der Waals surface area contributed by atoms with Crippen LogP contribution in [0.15, 0.2) is 36.4 Å². The molecule has 1 N–H and O–H groups in total. The first-order valence-corrected chi connectivity index (χ1v) is 6.05. The summed E-state index contributed by atoms with van der Waals surface area (Å²) < 4.78 is 10.8. The van der Waals surface area contributed by atoms with Gasteiger partial charge in [-0.05, 0) is 12.3 Å². The van der Waals surface area contributed by atoms with Gasteiger partial charge in [-0.2, -0.15) is 0 Å². The van der Waals surface area contributed by atoms with Crippen molar-refractivity contribution in [1.82, 2.24) is 0 Å². The van der Waals surface area contributed by atoms with Gasteiger partial charge in [0.2, 0.25) is 0 Å². The number of fused-ring (bicyclic) bond motifs is 1. The van der Waals surface area contributed by atoms with Crippen LogP contribution in [0.25, 0.3) is 10.8 Å². The number of rotatable bonds is 5. The van der Waals surface area contributed by atoms with E-state index in [1.165, 1.54) is 0 Å². The van der Waals surface area contributed by atoms with Crippen molar-refractivity contribution in [2.75, 3.05) is 20.3 Å². The average molecular weight is 246 g/mol. The van der Waals surface area contributed by atoms with Crippen LogP contribution in [0, 0.1) is 0 Å². The van der Waals surface area contributed by atoms with Crippen LogP contribution in [0.5, 0.6) is 5.75 Å². The highest BCUT2D eigenvalue weighted by Gasteiger charge is 2.12. The Balaban J connectivity index is 2.45. The van der Waals surface area contributed by atoms with Gasteiger partial charge in [0.1, 0.15) is 12.4 Å². The molecule has 18 heavy (non-hydrogen) atoms. The lowest BCUT2D eigenvalue weighted by Gasteiger charge is -2.16. The molecule has 0 saturated carbocycles. The number of hydrogen-bond donors (Lipinski definition) is 1. The van der Waals surface area contributed by atoms with Crippen LogP contribution in [0.1, 0.15) is 18.6 Å². The van der Waals surface area contributed by atoms with Gasteiger partial charge in [0, 0.05) is 18.1 Å². The first kappa shape index (κ1) is 12.9. The molecule has 0 bridgehead atoms. The summed E-state index contributed by atoms with van der Waals surface area (Å²) in [5, 5.41) is 11.9. The minimum atomic E-state index is -0.549. The van der Waals surface area contributed by atoms with E-state index in [0.29, 0.717) is 13.2 Å². The zero-order valence-corrected chi connectivity index (χ0v) is 10.7. The SMILES string of the molecule is COCCOc1c(C(C)O)ccc2ccccc12. The van der Waals surface area contributed by atoms with Gasteiger partial charge < -0.3 is 14.6 Å². The molecule has 0 radical (unpaired) electrons. The van der Waals surface area contributed by atoms with Crippen LogP contribution < -0.4 is 4.74 Å². The maximum atomic E-state index is 9.81. The molecule has 0 heterocycles. The topological polar surface area (TPSA) is 38.7 Å². The number of methoxy groups -OCH3 is 1. The van der Waals surface area contributed by atoms with Crippen LogP contribution in [0.2, 0.25) is 0 Å². The van der Waals surface area contributed by atoms with Crippen molar-refractivity contribution < 1.29 is 14.6 Å². The third-order valence-corrected chi connectivity index (χ3v) is 2.89. The monoisotopic (exact) mass is 246 g/mol. The van der Waals surface area contributed by atoms with Gasteiger partial charge in [0.15, 0.2) is 0 Å². The van der Waals surface area contributed by atoms with E-state index in [4.69, 9.17) is 9.47 Å². The van der Waals surface area contributed by atoms with Gasteiger partial charge in [0.05, 0.1) is 12.7 Å². The van der Waals surface area contributed by atoms with Crippen molar-refractivity contribution in [2.45, 2.75) is 13.0 Å². The van der Waals surface area contributed by atoms with Crippen molar-refractivity contribution in [3.05, 3.63) is 42.0 Å². The Morgan fingerprint density at radius 3 is 2.61 bits per heavy atom. The molecule has 0 aliphatic carbocycles. The molecule has 0 spiro atoms. The average Bonchev–Trinajstić information content (AvgIpc) is 2.38. The van der Waals surface area contributed by atoms with Gasteiger partial charge >= 0.3 is 0 Å². The Morgan fingerprint density at radius 2 is 1.89 bits per heavy atom. The number of benzene rings is 2. The highest BCUT2D eigenvalue weighted by Crippen LogP contribution is 2.33. The van der Waals surface area contributed by atoms with E-state index in [1.807, 2.05) is 36.4 Å². The first-order valence-electron chi connectivity index (χ1n) is 6.05. The second kappa shape index (κ2) is 5.85. The normalized spacial score (nSPS) is 12.6. The third-order valence-electron chi connectivity index (χ3n) is 2.89. The van der Waals surface area contributed by atoms with E-state index in [1.54, 1.807) is 14.0 Å². The number of ether oxygens (including phenoxy) is 2. The Morgan fingerprint density at radius 1 is 1.11 bits per heavy atom. The summed E-state index contributed by atoms with van der Waals surface area (Å²) in [5.41, 5.74) is 0.810. The minimum Gasteiger partial charge on any atom is -0.490 e. The molecule has 0 saturated heterocycles. The molecule has 0 aliphatic heterocycles. The molecule has 1 atom stereocenters. The number of aliphatic hydroxyl groups excluding tert-OH is 1. The van der Waals surface area contributed by atoms with Crippen LogP contribution in [0.4, 0.5) is 0 Å². The molecule has 2 aromatic rings. The van der Waals surface area contributed by atoms with Crippen molar-refractivity contribution in [1.29, 1.82) is 0 Å². The molecule has 2 rings (SSSR count). The van der Waals surface area contributed by atoms with Crippen LogP contribution >= 0.6 is 0 Å². The van der Waals surface area contributed by atoms with E-state index in [0.717, 1.165) is 22.1 Å². The minimum absolute atomic E-state index is 0.476. The lowest BCUT2D eigenvalue weighted by molar-refractivity contribution is 0.142. The Hall–Kier alpha value is -1.58. The smallest absolute Gasteiger partial charge is 0.133 e. The summed E-state index contributed by atoms with van der Waals surface area (Å²) in [5.74, 6) is 0.750. The van der Waals surface area contributed by atoms with Gasteiger partial charge in [0.25, 0.3) is 0 Å². The van der Waals surface area contributed by atoms with Crippen molar-refractivity contribution in [2.24, 2.45) is 0 Å². The van der Waals surface area contributed by atoms with Gasteiger partial charge in [-0.15, -0.1) is 0 Å². The van der Waals surface area contributed by atoms with E-state index < -0.39 is 6.10 Å². The summed E-state index contributed by atoms with van der Waals surface area (Å²) in [6.45, 7) is 2.75. The van der Waals surface area contributed by atoms with Crippen LogP contribution in [0.3, 0.4) is 0 Å². The van der Waals surface area contributed by atoms with Gasteiger partial charge in [-0.25, -0.2) is 0 Å². The zero-order valence-electron chi connectivity index (χ0n) is 10.7. The molecule has 0 aromatic heterocycles. The summed E-state index contributed by atoms with van der Waals surface area (Å²) in [6.07, 6.45) is -0.549. The predicted molar refractivity (Wildman–Crippen MR) is 72.0 cm³/mol. The van der Waals surface area contributed by atoms with E-state index in [9.17, 15) is 5.11 Å². The summed E-state index contributed by atoms with van der Waals surface area (Å²) in [7, 11) is 1.64. The number of aliphatic hydroxyl groups is 1. The lowest BCUT2D eigenvalue weighted by atomic mass is 10.0. The van der Waals surface area contributed by atoms with E-state index in [-0.39, 0.29) is 0 Å². The zero-order chi connectivity index (χ0) is 13.0. The summed E-state index contributed by atoms with van der Waals surface area (Å²) in [4.78, 5) is 0. The predicted octanol–water partition coefficient (Wildman–Crippen LogP) is 2.92. The van der Waals surface area contributed by atoms with Gasteiger partial charge in [-0.3, -0.25) is 0 Å². The second-order valence-corrected chi connectivity index (χ2v) is 4.22. The first-order chi connectivity index (χ1) is 8.74. The summed E-state index contributed by atoms with van der Waals surface area (Å²) in [6, 6.07) is 11.9. The Bertz CT molecular complexity index is 520. The van der Waals surface area contributed by atoms with E-state index in [2.05, 4.69) is 0 Å². The highest BCUT2D eigenvalue weighted by molar-refractivity contribution is 5.89. The highest BCUT2D eigenvalue weighted by atomic mass is 16.5. The molecule has 0 aliphatic rings. The van der Waals surface area contributed by atoms with Crippen LogP contribution in [-0.4, -0.2) is 25.4 Å².